The molecule has 0 N–H and O–H groups in total. The minimum absolute atomic E-state index is 0.683. The molecule has 154 valence electrons. The molecule has 0 unspecified atom stereocenters. The first kappa shape index (κ1) is 19.8. The number of aryl methyl sites for hydroxylation is 1. The van der Waals surface area contributed by atoms with E-state index in [1.165, 1.54) is 50.1 Å². The van der Waals surface area contributed by atoms with Crippen LogP contribution in [0.3, 0.4) is 0 Å². The summed E-state index contributed by atoms with van der Waals surface area (Å²) in [5.74, 6) is 2.91. The van der Waals surface area contributed by atoms with Crippen molar-refractivity contribution in [1.82, 2.24) is 14.5 Å². The molecule has 5 nitrogen and oxygen atoms in total. The zero-order valence-electron chi connectivity index (χ0n) is 17.3. The molecule has 1 aliphatic heterocycles. The molecule has 4 rings (SSSR count). The fourth-order valence-electron chi connectivity index (χ4n) is 4.07. The molecule has 29 heavy (non-hydrogen) atoms. The van der Waals surface area contributed by atoms with Crippen molar-refractivity contribution in [1.29, 1.82) is 0 Å². The number of benzene rings is 2. The maximum atomic E-state index is 5.92. The summed E-state index contributed by atoms with van der Waals surface area (Å²) < 4.78 is 13.5. The summed E-state index contributed by atoms with van der Waals surface area (Å²) in [7, 11) is 1.68. The van der Waals surface area contributed by atoms with Gasteiger partial charge in [0.25, 0.3) is 0 Å². The van der Waals surface area contributed by atoms with E-state index in [1.54, 1.807) is 7.11 Å². The molecule has 1 fully saturated rings. The Bertz CT molecular complexity index is 896. The van der Waals surface area contributed by atoms with Crippen LogP contribution < -0.4 is 9.47 Å². The molecule has 0 radical (unpaired) electrons. The van der Waals surface area contributed by atoms with Crippen molar-refractivity contribution in [2.45, 2.75) is 45.2 Å². The largest absolute Gasteiger partial charge is 0.497 e. The van der Waals surface area contributed by atoms with Crippen LogP contribution in [0.15, 0.2) is 48.5 Å². The van der Waals surface area contributed by atoms with Gasteiger partial charge in [0.15, 0.2) is 0 Å². The van der Waals surface area contributed by atoms with Gasteiger partial charge in [0, 0.05) is 6.54 Å². The van der Waals surface area contributed by atoms with Crippen molar-refractivity contribution in [3.05, 3.63) is 54.4 Å². The maximum Gasteiger partial charge on any atom is 0.124 e. The molecule has 2 aromatic carbocycles. The predicted octanol–water partition coefficient (Wildman–Crippen LogP) is 4.89. The van der Waals surface area contributed by atoms with E-state index in [1.807, 2.05) is 24.3 Å². The minimum atomic E-state index is 0.683. The zero-order chi connectivity index (χ0) is 19.9. The number of aromatic nitrogens is 2. The average Bonchev–Trinajstić information content (AvgIpc) is 2.90. The van der Waals surface area contributed by atoms with Crippen LogP contribution in [0.2, 0.25) is 0 Å². The number of likely N-dealkylation sites (tertiary alicyclic amines) is 1. The van der Waals surface area contributed by atoms with Crippen LogP contribution in [-0.2, 0) is 13.1 Å². The monoisotopic (exact) mass is 393 g/mol. The highest BCUT2D eigenvalue weighted by atomic mass is 16.5. The Hall–Kier alpha value is -2.53. The van der Waals surface area contributed by atoms with Crippen molar-refractivity contribution in [2.24, 2.45) is 0 Å². The topological polar surface area (TPSA) is 39.5 Å². The Labute approximate surface area is 173 Å². The lowest BCUT2D eigenvalue weighted by atomic mass is 10.2. The lowest BCUT2D eigenvalue weighted by Gasteiger charge is -2.20. The van der Waals surface area contributed by atoms with Gasteiger partial charge >= 0.3 is 0 Å². The van der Waals surface area contributed by atoms with Gasteiger partial charge in [0.2, 0.25) is 0 Å². The van der Waals surface area contributed by atoms with Crippen LogP contribution in [0.1, 0.15) is 37.9 Å². The fraction of sp³-hybridized carbons (Fsp3) is 0.458. The molecule has 3 aromatic rings. The van der Waals surface area contributed by atoms with Gasteiger partial charge in [-0.05, 0) is 68.8 Å². The number of methoxy groups -OCH3 is 1. The second-order valence-electron chi connectivity index (χ2n) is 7.74. The lowest BCUT2D eigenvalue weighted by molar-refractivity contribution is 0.263. The van der Waals surface area contributed by atoms with Crippen molar-refractivity contribution in [3.8, 4) is 11.5 Å². The molecule has 0 spiro atoms. The summed E-state index contributed by atoms with van der Waals surface area (Å²) in [6, 6.07) is 16.2. The molecule has 0 saturated carbocycles. The first-order valence-electron chi connectivity index (χ1n) is 10.8. The molecular weight excluding hydrogens is 362 g/mol. The van der Waals surface area contributed by atoms with E-state index in [2.05, 4.69) is 33.7 Å². The molecule has 0 atom stereocenters. The van der Waals surface area contributed by atoms with Crippen LogP contribution in [-0.4, -0.2) is 41.3 Å². The number of rotatable bonds is 8. The van der Waals surface area contributed by atoms with E-state index in [0.717, 1.165) is 36.5 Å². The molecule has 1 aromatic heterocycles. The van der Waals surface area contributed by atoms with Crippen molar-refractivity contribution in [3.63, 3.8) is 0 Å². The Morgan fingerprint density at radius 1 is 0.897 bits per heavy atom. The van der Waals surface area contributed by atoms with Crippen molar-refractivity contribution in [2.75, 3.05) is 26.8 Å². The number of nitrogens with zero attached hydrogens (tertiary/aromatic N) is 3. The summed E-state index contributed by atoms with van der Waals surface area (Å²) in [6.07, 6.45) is 6.26. The Morgan fingerprint density at radius 2 is 1.62 bits per heavy atom. The van der Waals surface area contributed by atoms with Gasteiger partial charge in [-0.15, -0.1) is 0 Å². The van der Waals surface area contributed by atoms with Crippen LogP contribution in [0, 0.1) is 0 Å². The molecular formula is C24H31N3O2. The Kier molecular flexibility index (Phi) is 6.67. The fourth-order valence-corrected chi connectivity index (χ4v) is 4.07. The van der Waals surface area contributed by atoms with Gasteiger partial charge in [-0.3, -0.25) is 4.90 Å². The van der Waals surface area contributed by atoms with E-state index < -0.39 is 0 Å². The SMILES string of the molecule is COc1ccc(OCCCn2c(CN3CCCCCC3)nc3ccccc32)cc1. The summed E-state index contributed by atoms with van der Waals surface area (Å²) in [5.41, 5.74) is 2.31. The summed E-state index contributed by atoms with van der Waals surface area (Å²) in [5, 5.41) is 0. The third kappa shape index (κ3) is 5.10. The third-order valence-electron chi connectivity index (χ3n) is 5.65. The van der Waals surface area contributed by atoms with Gasteiger partial charge in [-0.2, -0.15) is 0 Å². The molecule has 5 heteroatoms. The Balaban J connectivity index is 1.41. The maximum absolute atomic E-state index is 5.92. The zero-order valence-corrected chi connectivity index (χ0v) is 17.3. The van der Waals surface area contributed by atoms with Crippen LogP contribution in [0.25, 0.3) is 11.0 Å². The number of ether oxygens (including phenoxy) is 2. The van der Waals surface area contributed by atoms with Gasteiger partial charge in [-0.25, -0.2) is 4.98 Å². The van der Waals surface area contributed by atoms with Gasteiger partial charge < -0.3 is 14.0 Å². The van der Waals surface area contributed by atoms with Crippen LogP contribution in [0.4, 0.5) is 0 Å². The highest BCUT2D eigenvalue weighted by molar-refractivity contribution is 5.75. The number of fused-ring (bicyclic) bond motifs is 1. The average molecular weight is 394 g/mol. The second-order valence-corrected chi connectivity index (χ2v) is 7.74. The lowest BCUT2D eigenvalue weighted by Crippen LogP contribution is -2.26. The van der Waals surface area contributed by atoms with Crippen molar-refractivity contribution < 1.29 is 9.47 Å². The molecule has 1 saturated heterocycles. The number of hydrogen-bond donors (Lipinski definition) is 0. The molecule has 2 heterocycles. The van der Waals surface area contributed by atoms with Crippen LogP contribution in [0.5, 0.6) is 11.5 Å². The van der Waals surface area contributed by atoms with Gasteiger partial charge in [0.1, 0.15) is 17.3 Å². The van der Waals surface area contributed by atoms with Gasteiger partial charge in [0.05, 0.1) is 31.3 Å². The van der Waals surface area contributed by atoms with Crippen molar-refractivity contribution >= 4 is 11.0 Å². The number of imidazole rings is 1. The quantitative estimate of drug-likeness (QED) is 0.511. The van der Waals surface area contributed by atoms with Crippen LogP contribution >= 0.6 is 0 Å². The van der Waals surface area contributed by atoms with E-state index in [9.17, 15) is 0 Å². The van der Waals surface area contributed by atoms with E-state index in [-0.39, 0.29) is 0 Å². The predicted molar refractivity (Wildman–Crippen MR) is 117 cm³/mol. The highest BCUT2D eigenvalue weighted by Gasteiger charge is 2.15. The van der Waals surface area contributed by atoms with Gasteiger partial charge in [-0.1, -0.05) is 25.0 Å². The molecule has 0 amide bonds. The summed E-state index contributed by atoms with van der Waals surface area (Å²) in [6.45, 7) is 4.91. The molecule has 0 aliphatic carbocycles. The summed E-state index contributed by atoms with van der Waals surface area (Å²) in [4.78, 5) is 7.53. The second kappa shape index (κ2) is 9.79. The molecule has 0 bridgehead atoms. The first-order valence-corrected chi connectivity index (χ1v) is 10.8. The smallest absolute Gasteiger partial charge is 0.124 e. The first-order chi connectivity index (χ1) is 14.3. The third-order valence-corrected chi connectivity index (χ3v) is 5.65. The summed E-state index contributed by atoms with van der Waals surface area (Å²) >= 11 is 0. The standard InChI is InChI=1S/C24H31N3O2/c1-28-20-11-13-21(14-12-20)29-18-8-17-27-23-10-5-4-9-22(23)25-24(27)19-26-15-6-2-3-7-16-26/h4-5,9-14H,2-3,6-8,15-19H2,1H3. The number of para-hydroxylation sites is 2. The Morgan fingerprint density at radius 3 is 2.38 bits per heavy atom. The highest BCUT2D eigenvalue weighted by Crippen LogP contribution is 2.20. The van der Waals surface area contributed by atoms with E-state index in [0.29, 0.717) is 6.61 Å². The minimum Gasteiger partial charge on any atom is -0.497 e. The van der Waals surface area contributed by atoms with E-state index in [4.69, 9.17) is 14.5 Å². The molecule has 1 aliphatic rings. The normalized spacial score (nSPS) is 15.3. The van der Waals surface area contributed by atoms with E-state index >= 15 is 0 Å². The number of hydrogen-bond acceptors (Lipinski definition) is 4.